The third kappa shape index (κ3) is 10.4. The summed E-state index contributed by atoms with van der Waals surface area (Å²) in [6.07, 6.45) is 5.29. The van der Waals surface area contributed by atoms with Gasteiger partial charge >= 0.3 is 6.09 Å². The van der Waals surface area contributed by atoms with Gasteiger partial charge in [0.2, 0.25) is 5.88 Å². The molecule has 0 fully saturated rings. The Morgan fingerprint density at radius 1 is 1.03 bits per heavy atom. The second kappa shape index (κ2) is 14.2. The SMILES string of the molecule is CN(C(=O)OC(C)(C)C)c1ccc(C=Cc2cnc(OCCOCCOCCF)c(I)c2)cc1. The van der Waals surface area contributed by atoms with Gasteiger partial charge in [-0.2, -0.15) is 0 Å². The summed E-state index contributed by atoms with van der Waals surface area (Å²) in [4.78, 5) is 18.1. The van der Waals surface area contributed by atoms with Crippen LogP contribution in [0.25, 0.3) is 12.2 Å². The lowest BCUT2D eigenvalue weighted by molar-refractivity contribution is 0.0319. The van der Waals surface area contributed by atoms with Crippen molar-refractivity contribution in [1.29, 1.82) is 0 Å². The Labute approximate surface area is 214 Å². The molecule has 34 heavy (non-hydrogen) atoms. The highest BCUT2D eigenvalue weighted by molar-refractivity contribution is 14.1. The second-order valence-electron chi connectivity index (χ2n) is 8.28. The standard InChI is InChI=1S/C25H32FIN2O5/c1-25(2,3)34-24(30)29(4)21-9-7-19(8-10-21)5-6-20-17-22(27)23(28-18-20)33-16-15-32-14-13-31-12-11-26/h5-10,17-18H,11-16H2,1-4H3. The van der Waals surface area contributed by atoms with E-state index in [1.165, 1.54) is 4.90 Å². The molecule has 1 aromatic carbocycles. The number of ether oxygens (including phenoxy) is 4. The molecule has 0 aliphatic carbocycles. The minimum Gasteiger partial charge on any atom is -0.474 e. The van der Waals surface area contributed by atoms with Gasteiger partial charge in [0, 0.05) is 18.9 Å². The Kier molecular flexibility index (Phi) is 11.7. The van der Waals surface area contributed by atoms with Gasteiger partial charge in [-0.05, 0) is 72.7 Å². The van der Waals surface area contributed by atoms with Crippen molar-refractivity contribution < 1.29 is 28.1 Å². The van der Waals surface area contributed by atoms with Crippen LogP contribution in [0, 0.1) is 3.57 Å². The van der Waals surface area contributed by atoms with Crippen LogP contribution in [0.1, 0.15) is 31.9 Å². The molecular weight excluding hydrogens is 554 g/mol. The smallest absolute Gasteiger partial charge is 0.414 e. The number of alkyl halides is 1. The van der Waals surface area contributed by atoms with Crippen molar-refractivity contribution in [2.75, 3.05) is 51.7 Å². The quantitative estimate of drug-likeness (QED) is 0.238. The molecule has 7 nitrogen and oxygen atoms in total. The maximum absolute atomic E-state index is 12.2. The fraction of sp³-hybridized carbons (Fsp3) is 0.440. The minimum absolute atomic E-state index is 0.0967. The van der Waals surface area contributed by atoms with Crippen LogP contribution < -0.4 is 9.64 Å². The number of carbonyl (C=O) groups excluding carboxylic acids is 1. The Balaban J connectivity index is 1.84. The molecule has 0 bridgehead atoms. The Bertz CT molecular complexity index is 932. The summed E-state index contributed by atoms with van der Waals surface area (Å²) in [5.41, 5.74) is 2.14. The average Bonchev–Trinajstić information content (AvgIpc) is 2.79. The number of anilines is 1. The number of nitrogens with zero attached hydrogens (tertiary/aromatic N) is 2. The van der Waals surface area contributed by atoms with E-state index in [2.05, 4.69) is 27.6 Å². The zero-order valence-electron chi connectivity index (χ0n) is 20.1. The van der Waals surface area contributed by atoms with E-state index in [9.17, 15) is 9.18 Å². The molecular formula is C25H32FIN2O5. The normalized spacial score (nSPS) is 11.6. The summed E-state index contributed by atoms with van der Waals surface area (Å²) in [6.45, 7) is 6.66. The Hall–Kier alpha value is -2.24. The van der Waals surface area contributed by atoms with Crippen LogP contribution in [0.15, 0.2) is 36.5 Å². The highest BCUT2D eigenvalue weighted by atomic mass is 127. The van der Waals surface area contributed by atoms with Gasteiger partial charge < -0.3 is 18.9 Å². The lowest BCUT2D eigenvalue weighted by Crippen LogP contribution is -2.34. The van der Waals surface area contributed by atoms with Gasteiger partial charge in [0.15, 0.2) is 0 Å². The fourth-order valence-electron chi connectivity index (χ4n) is 2.65. The van der Waals surface area contributed by atoms with Crippen LogP contribution in [0.2, 0.25) is 0 Å². The van der Waals surface area contributed by atoms with E-state index in [0.29, 0.717) is 32.3 Å². The van der Waals surface area contributed by atoms with E-state index in [4.69, 9.17) is 18.9 Å². The fourth-order valence-corrected chi connectivity index (χ4v) is 3.30. The van der Waals surface area contributed by atoms with Gasteiger partial charge in [-0.1, -0.05) is 24.3 Å². The van der Waals surface area contributed by atoms with Gasteiger partial charge in [0.25, 0.3) is 0 Å². The molecule has 0 N–H and O–H groups in total. The predicted molar refractivity (Wildman–Crippen MR) is 140 cm³/mol. The van der Waals surface area contributed by atoms with Crippen LogP contribution in [0.3, 0.4) is 0 Å². The van der Waals surface area contributed by atoms with E-state index < -0.39 is 18.4 Å². The molecule has 0 aliphatic rings. The zero-order valence-corrected chi connectivity index (χ0v) is 22.2. The first kappa shape index (κ1) is 28.0. The number of aromatic nitrogens is 1. The van der Waals surface area contributed by atoms with Gasteiger partial charge in [-0.25, -0.2) is 14.2 Å². The molecule has 0 unspecified atom stereocenters. The monoisotopic (exact) mass is 586 g/mol. The number of pyridine rings is 1. The highest BCUT2D eigenvalue weighted by Crippen LogP contribution is 2.21. The molecule has 1 amide bonds. The molecule has 0 saturated heterocycles. The first-order valence-electron chi connectivity index (χ1n) is 10.9. The molecule has 9 heteroatoms. The molecule has 0 spiro atoms. The van der Waals surface area contributed by atoms with E-state index >= 15 is 0 Å². The minimum atomic E-state index is -0.541. The number of amides is 1. The van der Waals surface area contributed by atoms with Gasteiger partial charge in [-0.3, -0.25) is 4.90 Å². The molecule has 0 aliphatic heterocycles. The lowest BCUT2D eigenvalue weighted by Gasteiger charge is -2.24. The van der Waals surface area contributed by atoms with Crippen LogP contribution in [0.5, 0.6) is 5.88 Å². The molecule has 186 valence electrons. The van der Waals surface area contributed by atoms with Gasteiger partial charge in [0.1, 0.15) is 18.9 Å². The van der Waals surface area contributed by atoms with Crippen LogP contribution in [-0.4, -0.2) is 63.4 Å². The van der Waals surface area contributed by atoms with Crippen molar-refractivity contribution in [2.45, 2.75) is 26.4 Å². The number of hydrogen-bond acceptors (Lipinski definition) is 6. The van der Waals surface area contributed by atoms with Crippen LogP contribution >= 0.6 is 22.6 Å². The van der Waals surface area contributed by atoms with Crippen LogP contribution in [0.4, 0.5) is 14.9 Å². The Morgan fingerprint density at radius 3 is 2.26 bits per heavy atom. The average molecular weight is 586 g/mol. The topological polar surface area (TPSA) is 70.1 Å². The summed E-state index contributed by atoms with van der Waals surface area (Å²) in [5.74, 6) is 0.546. The van der Waals surface area contributed by atoms with Crippen molar-refractivity contribution in [3.63, 3.8) is 0 Å². The summed E-state index contributed by atoms with van der Waals surface area (Å²) in [7, 11) is 1.69. The first-order valence-corrected chi connectivity index (χ1v) is 12.0. The van der Waals surface area contributed by atoms with Crippen molar-refractivity contribution in [1.82, 2.24) is 4.98 Å². The molecule has 1 aromatic heterocycles. The van der Waals surface area contributed by atoms with Crippen molar-refractivity contribution in [2.24, 2.45) is 0 Å². The second-order valence-corrected chi connectivity index (χ2v) is 9.44. The predicted octanol–water partition coefficient (Wildman–Crippen LogP) is 5.61. The highest BCUT2D eigenvalue weighted by Gasteiger charge is 2.20. The molecule has 1 heterocycles. The zero-order chi connectivity index (χ0) is 25.0. The maximum Gasteiger partial charge on any atom is 0.414 e. The van der Waals surface area contributed by atoms with E-state index in [0.717, 1.165) is 20.4 Å². The van der Waals surface area contributed by atoms with E-state index in [1.54, 1.807) is 13.2 Å². The molecule has 0 radical (unpaired) electrons. The first-order chi connectivity index (χ1) is 16.2. The summed E-state index contributed by atoms with van der Waals surface area (Å²) < 4.78 is 34.2. The van der Waals surface area contributed by atoms with Crippen molar-refractivity contribution >= 4 is 46.5 Å². The molecule has 2 aromatic rings. The van der Waals surface area contributed by atoms with Gasteiger partial charge in [-0.15, -0.1) is 0 Å². The number of halogens is 2. The summed E-state index contributed by atoms with van der Waals surface area (Å²) in [6, 6.07) is 9.60. The van der Waals surface area contributed by atoms with Gasteiger partial charge in [0.05, 0.1) is 30.0 Å². The number of hydrogen-bond donors (Lipinski definition) is 0. The third-order valence-electron chi connectivity index (χ3n) is 4.30. The third-order valence-corrected chi connectivity index (χ3v) is 5.08. The summed E-state index contributed by atoms with van der Waals surface area (Å²) >= 11 is 2.18. The molecule has 2 rings (SSSR count). The largest absolute Gasteiger partial charge is 0.474 e. The van der Waals surface area contributed by atoms with Crippen molar-refractivity contribution in [3.8, 4) is 5.88 Å². The van der Waals surface area contributed by atoms with E-state index in [-0.39, 0.29) is 6.61 Å². The number of carbonyl (C=O) groups is 1. The summed E-state index contributed by atoms with van der Waals surface area (Å²) in [5, 5.41) is 0. The Morgan fingerprint density at radius 2 is 1.65 bits per heavy atom. The van der Waals surface area contributed by atoms with Crippen LogP contribution in [-0.2, 0) is 14.2 Å². The number of rotatable bonds is 12. The lowest BCUT2D eigenvalue weighted by atomic mass is 10.1. The number of benzene rings is 1. The van der Waals surface area contributed by atoms with Crippen molar-refractivity contribution in [3.05, 3.63) is 51.2 Å². The maximum atomic E-state index is 12.2. The molecule has 0 atom stereocenters. The van der Waals surface area contributed by atoms with E-state index in [1.807, 2.05) is 63.3 Å². The molecule has 0 saturated carbocycles.